The number of nitrogen functional groups attached to an aromatic ring is 1. The van der Waals surface area contributed by atoms with Crippen LogP contribution in [0.5, 0.6) is 0 Å². The molecule has 19 heavy (non-hydrogen) atoms. The van der Waals surface area contributed by atoms with Crippen LogP contribution in [0.15, 0.2) is 12.1 Å². The summed E-state index contributed by atoms with van der Waals surface area (Å²) in [5, 5.41) is 0.461. The molecule has 2 rings (SSSR count). The fourth-order valence-corrected chi connectivity index (χ4v) is 1.86. The van der Waals surface area contributed by atoms with Gasteiger partial charge < -0.3 is 5.73 Å². The number of hydrogen-bond donors (Lipinski definition) is 1. The molecule has 2 nitrogen and oxygen atoms in total. The van der Waals surface area contributed by atoms with Crippen molar-refractivity contribution in [2.75, 3.05) is 5.73 Å². The topological polar surface area (TPSA) is 38.9 Å². The van der Waals surface area contributed by atoms with Gasteiger partial charge in [0.15, 0.2) is 11.6 Å². The third kappa shape index (κ3) is 2.65. The monoisotopic (exact) mass is 262 g/mol. The van der Waals surface area contributed by atoms with Gasteiger partial charge in [0.1, 0.15) is 5.82 Å². The number of hydrogen-bond acceptors (Lipinski definition) is 2. The second kappa shape index (κ2) is 6.14. The minimum Gasteiger partial charge on any atom is -0.384 e. The Morgan fingerprint density at radius 3 is 2.47 bits per heavy atom. The van der Waals surface area contributed by atoms with E-state index in [4.69, 9.17) is 12.2 Å². The first-order valence-electron chi connectivity index (χ1n) is 6.12. The van der Waals surface area contributed by atoms with Crippen molar-refractivity contribution in [3.63, 3.8) is 0 Å². The lowest BCUT2D eigenvalue weighted by Crippen LogP contribution is -2.00. The Hall–Kier alpha value is -2.15. The second-order valence-corrected chi connectivity index (χ2v) is 3.65. The number of nitrogens with two attached hydrogens (primary N) is 1. The molecule has 0 spiro atoms. The smallest absolute Gasteiger partial charge is 0.175 e. The number of pyridine rings is 1. The number of fused-ring (bicyclic) bond motifs is 1. The van der Waals surface area contributed by atoms with Crippen LogP contribution >= 0.6 is 0 Å². The number of rotatable bonds is 1. The van der Waals surface area contributed by atoms with Crippen LogP contribution < -0.4 is 5.73 Å². The van der Waals surface area contributed by atoms with Gasteiger partial charge in [0.2, 0.25) is 0 Å². The van der Waals surface area contributed by atoms with E-state index in [9.17, 15) is 8.78 Å². The van der Waals surface area contributed by atoms with Crippen molar-refractivity contribution in [2.24, 2.45) is 0 Å². The Bertz CT molecular complexity index is 643. The highest BCUT2D eigenvalue weighted by Gasteiger charge is 2.15. The molecule has 4 heteroatoms. The summed E-state index contributed by atoms with van der Waals surface area (Å²) in [4.78, 5) is 3.97. The van der Waals surface area contributed by atoms with E-state index in [0.717, 1.165) is 11.6 Å². The first-order valence-corrected chi connectivity index (χ1v) is 6.12. The normalized spacial score (nSPS) is 9.68. The lowest BCUT2D eigenvalue weighted by molar-refractivity contribution is 0.508. The number of terminal acetylenes is 1. The van der Waals surface area contributed by atoms with Crippen molar-refractivity contribution >= 4 is 16.7 Å². The number of benzene rings is 1. The molecule has 2 aromatic rings. The lowest BCUT2D eigenvalue weighted by Gasteiger charge is -2.09. The van der Waals surface area contributed by atoms with Gasteiger partial charge in [0.05, 0.1) is 11.1 Å². The van der Waals surface area contributed by atoms with Crippen LogP contribution in [-0.2, 0) is 6.42 Å². The summed E-state index contributed by atoms with van der Waals surface area (Å²) >= 11 is 0. The van der Waals surface area contributed by atoms with Crippen LogP contribution in [0.25, 0.3) is 10.9 Å². The Balaban J connectivity index is 0.000000861. The summed E-state index contributed by atoms with van der Waals surface area (Å²) in [6, 6.07) is 2.64. The Labute approximate surface area is 111 Å². The molecular formula is C15H16F2N2. The molecule has 1 heterocycles. The van der Waals surface area contributed by atoms with Crippen LogP contribution in [0.3, 0.4) is 0 Å². The van der Waals surface area contributed by atoms with Crippen LogP contribution in [-0.4, -0.2) is 4.98 Å². The van der Waals surface area contributed by atoms with E-state index in [-0.39, 0.29) is 16.9 Å². The van der Waals surface area contributed by atoms with Crippen molar-refractivity contribution in [3.05, 3.63) is 34.9 Å². The summed E-state index contributed by atoms with van der Waals surface area (Å²) in [5.74, 6) is 0.423. The first-order chi connectivity index (χ1) is 9.08. The van der Waals surface area contributed by atoms with Gasteiger partial charge in [-0.15, -0.1) is 6.42 Å². The van der Waals surface area contributed by atoms with E-state index in [2.05, 4.69) is 10.9 Å². The number of nitrogens with zero attached hydrogens (tertiary/aromatic N) is 1. The lowest BCUT2D eigenvalue weighted by atomic mass is 10.0. The molecule has 1 aromatic heterocycles. The molecular weight excluding hydrogens is 246 g/mol. The van der Waals surface area contributed by atoms with Gasteiger partial charge in [-0.2, -0.15) is 0 Å². The maximum Gasteiger partial charge on any atom is 0.175 e. The summed E-state index contributed by atoms with van der Waals surface area (Å²) in [6.45, 7) is 5.88. The number of halogens is 2. The van der Waals surface area contributed by atoms with E-state index in [1.807, 2.05) is 20.8 Å². The summed E-state index contributed by atoms with van der Waals surface area (Å²) in [5.41, 5.74) is 6.56. The minimum atomic E-state index is -1.01. The van der Waals surface area contributed by atoms with Crippen molar-refractivity contribution in [2.45, 2.75) is 27.2 Å². The molecule has 0 aliphatic rings. The van der Waals surface area contributed by atoms with Gasteiger partial charge in [-0.05, 0) is 18.1 Å². The van der Waals surface area contributed by atoms with Gasteiger partial charge >= 0.3 is 0 Å². The number of aryl methyl sites for hydroxylation is 1. The molecule has 0 saturated carbocycles. The van der Waals surface area contributed by atoms with Crippen LogP contribution in [0.2, 0.25) is 0 Å². The Morgan fingerprint density at radius 1 is 1.32 bits per heavy atom. The number of anilines is 1. The van der Waals surface area contributed by atoms with Crippen molar-refractivity contribution in [1.82, 2.24) is 4.98 Å². The molecule has 100 valence electrons. The summed E-state index contributed by atoms with van der Waals surface area (Å²) in [6.07, 6.45) is 5.85. The molecule has 2 N–H and O–H groups in total. The van der Waals surface area contributed by atoms with E-state index in [1.165, 1.54) is 0 Å². The Morgan fingerprint density at radius 2 is 1.95 bits per heavy atom. The molecule has 0 radical (unpaired) electrons. The zero-order valence-electron chi connectivity index (χ0n) is 11.2. The van der Waals surface area contributed by atoms with Gasteiger partial charge in [-0.3, -0.25) is 0 Å². The van der Waals surface area contributed by atoms with Crippen molar-refractivity contribution in [3.8, 4) is 12.3 Å². The molecule has 0 aliphatic carbocycles. The highest BCUT2D eigenvalue weighted by molar-refractivity contribution is 5.89. The molecule has 0 fully saturated rings. The fraction of sp³-hybridized carbons (Fsp3) is 0.267. The third-order valence-electron chi connectivity index (χ3n) is 2.62. The largest absolute Gasteiger partial charge is 0.384 e. The van der Waals surface area contributed by atoms with E-state index >= 15 is 0 Å². The third-order valence-corrected chi connectivity index (χ3v) is 2.62. The SMILES string of the molecule is C#Cc1c(F)c(F)cc2nc(N)cc(CC)c12.CC. The van der Waals surface area contributed by atoms with E-state index in [0.29, 0.717) is 11.8 Å². The fourth-order valence-electron chi connectivity index (χ4n) is 1.86. The van der Waals surface area contributed by atoms with Crippen LogP contribution in [0, 0.1) is 24.0 Å². The van der Waals surface area contributed by atoms with E-state index < -0.39 is 11.6 Å². The van der Waals surface area contributed by atoms with E-state index in [1.54, 1.807) is 6.07 Å². The maximum absolute atomic E-state index is 13.6. The predicted octanol–water partition coefficient (Wildman–Crippen LogP) is 3.67. The van der Waals surface area contributed by atoms with Gasteiger partial charge in [-0.25, -0.2) is 13.8 Å². The molecule has 0 atom stereocenters. The molecule has 0 aliphatic heterocycles. The highest BCUT2D eigenvalue weighted by Crippen LogP contribution is 2.27. The molecule has 0 amide bonds. The molecule has 1 aromatic carbocycles. The van der Waals surface area contributed by atoms with Crippen molar-refractivity contribution in [1.29, 1.82) is 0 Å². The molecule has 0 unspecified atom stereocenters. The average molecular weight is 262 g/mol. The number of aromatic nitrogens is 1. The highest BCUT2D eigenvalue weighted by atomic mass is 19.2. The maximum atomic E-state index is 13.6. The van der Waals surface area contributed by atoms with Crippen LogP contribution in [0.1, 0.15) is 31.9 Å². The molecule has 0 bridgehead atoms. The standard InChI is InChI=1S/C13H10F2N2.C2H6/c1-3-7-5-11(16)17-10-6-9(14)13(15)8(4-2)12(7)10;1-2/h2,5-6H,3H2,1H3,(H2,16,17);1-2H3. The predicted molar refractivity (Wildman–Crippen MR) is 74.7 cm³/mol. The molecule has 0 saturated heterocycles. The van der Waals surface area contributed by atoms with Crippen molar-refractivity contribution < 1.29 is 8.78 Å². The van der Waals surface area contributed by atoms with Gasteiger partial charge in [-0.1, -0.05) is 26.7 Å². The summed E-state index contributed by atoms with van der Waals surface area (Å²) in [7, 11) is 0. The first kappa shape index (κ1) is 14.9. The van der Waals surface area contributed by atoms with Gasteiger partial charge in [0.25, 0.3) is 0 Å². The average Bonchev–Trinajstić information content (AvgIpc) is 2.42. The zero-order chi connectivity index (χ0) is 14.6. The Kier molecular flexibility index (Phi) is 4.82. The summed E-state index contributed by atoms with van der Waals surface area (Å²) < 4.78 is 26.9. The zero-order valence-corrected chi connectivity index (χ0v) is 11.2. The quantitative estimate of drug-likeness (QED) is 0.796. The second-order valence-electron chi connectivity index (χ2n) is 3.65. The van der Waals surface area contributed by atoms with Crippen LogP contribution in [0.4, 0.5) is 14.6 Å². The van der Waals surface area contributed by atoms with Gasteiger partial charge in [0, 0.05) is 11.5 Å². The minimum absolute atomic E-state index is 0.0932.